The standard InChI is InChI=1S/C24H28N4O2/c29-23(10-4-8-19-6-2-1-3-7-19)28-17-5-9-20(18-28)11-12-22-26-24(30-27-22)21-13-15-25-16-14-21/h1-3,6-7,13-16,20H,4-5,8-12,17-18H2. The molecular formula is C24H28N4O2. The highest BCUT2D eigenvalue weighted by Gasteiger charge is 2.23. The number of hydrogen-bond acceptors (Lipinski definition) is 5. The van der Waals surface area contributed by atoms with Crippen LogP contribution in [0.5, 0.6) is 0 Å². The van der Waals surface area contributed by atoms with Crippen LogP contribution in [0.25, 0.3) is 11.5 Å². The zero-order chi connectivity index (χ0) is 20.6. The summed E-state index contributed by atoms with van der Waals surface area (Å²) in [7, 11) is 0. The van der Waals surface area contributed by atoms with Crippen molar-refractivity contribution in [1.82, 2.24) is 20.0 Å². The minimum absolute atomic E-state index is 0.287. The Labute approximate surface area is 177 Å². The number of benzene rings is 1. The van der Waals surface area contributed by atoms with Gasteiger partial charge < -0.3 is 9.42 Å². The second kappa shape index (κ2) is 10.1. The van der Waals surface area contributed by atoms with Gasteiger partial charge in [-0.1, -0.05) is 35.5 Å². The highest BCUT2D eigenvalue weighted by molar-refractivity contribution is 5.76. The van der Waals surface area contributed by atoms with Gasteiger partial charge in [-0.15, -0.1) is 0 Å². The van der Waals surface area contributed by atoms with E-state index in [1.807, 2.05) is 18.2 Å². The Kier molecular flexibility index (Phi) is 6.85. The third-order valence-corrected chi connectivity index (χ3v) is 5.74. The van der Waals surface area contributed by atoms with Gasteiger partial charge in [-0.25, -0.2) is 0 Å². The molecule has 1 unspecified atom stereocenters. The van der Waals surface area contributed by atoms with Crippen LogP contribution in [0.3, 0.4) is 0 Å². The summed E-state index contributed by atoms with van der Waals surface area (Å²) in [6, 6.07) is 14.1. The summed E-state index contributed by atoms with van der Waals surface area (Å²) in [5.41, 5.74) is 2.18. The van der Waals surface area contributed by atoms with E-state index in [0.29, 0.717) is 18.2 Å². The fourth-order valence-electron chi connectivity index (χ4n) is 4.07. The number of aromatic nitrogens is 3. The number of rotatable bonds is 8. The van der Waals surface area contributed by atoms with Gasteiger partial charge in [0, 0.05) is 43.9 Å². The third kappa shape index (κ3) is 5.53. The van der Waals surface area contributed by atoms with Gasteiger partial charge >= 0.3 is 0 Å². The maximum Gasteiger partial charge on any atom is 0.258 e. The Bertz CT molecular complexity index is 927. The van der Waals surface area contributed by atoms with E-state index in [2.05, 4.69) is 44.3 Å². The Hall–Kier alpha value is -3.02. The largest absolute Gasteiger partial charge is 0.342 e. The van der Waals surface area contributed by atoms with E-state index < -0.39 is 0 Å². The molecule has 0 N–H and O–H groups in total. The predicted octanol–water partition coefficient (Wildman–Crippen LogP) is 4.33. The number of amides is 1. The molecule has 3 heterocycles. The number of aryl methyl sites for hydroxylation is 2. The maximum atomic E-state index is 12.6. The van der Waals surface area contributed by atoms with E-state index in [0.717, 1.165) is 63.0 Å². The minimum atomic E-state index is 0.287. The van der Waals surface area contributed by atoms with Gasteiger partial charge in [0.05, 0.1) is 0 Å². The number of carbonyl (C=O) groups excluding carboxylic acids is 1. The maximum absolute atomic E-state index is 12.6. The zero-order valence-electron chi connectivity index (χ0n) is 17.2. The molecule has 6 nitrogen and oxygen atoms in total. The molecule has 1 saturated heterocycles. The summed E-state index contributed by atoms with van der Waals surface area (Å²) >= 11 is 0. The molecule has 1 fully saturated rings. The monoisotopic (exact) mass is 404 g/mol. The molecule has 1 aromatic carbocycles. The predicted molar refractivity (Wildman–Crippen MR) is 115 cm³/mol. The minimum Gasteiger partial charge on any atom is -0.342 e. The molecule has 1 aliphatic rings. The van der Waals surface area contributed by atoms with Gasteiger partial charge in [0.15, 0.2) is 5.82 Å². The average molecular weight is 405 g/mol. The van der Waals surface area contributed by atoms with Crippen molar-refractivity contribution in [3.05, 3.63) is 66.2 Å². The van der Waals surface area contributed by atoms with Gasteiger partial charge in [-0.3, -0.25) is 9.78 Å². The van der Waals surface area contributed by atoms with Crippen LogP contribution in [0.1, 0.15) is 43.5 Å². The van der Waals surface area contributed by atoms with Crippen LogP contribution in [0, 0.1) is 5.92 Å². The molecule has 1 amide bonds. The van der Waals surface area contributed by atoms with Crippen LogP contribution in [-0.2, 0) is 17.6 Å². The summed E-state index contributed by atoms with van der Waals surface area (Å²) in [6.45, 7) is 1.73. The van der Waals surface area contributed by atoms with Crippen molar-refractivity contribution in [3.8, 4) is 11.5 Å². The fourth-order valence-corrected chi connectivity index (χ4v) is 4.07. The molecule has 30 heavy (non-hydrogen) atoms. The SMILES string of the molecule is O=C(CCCc1ccccc1)N1CCCC(CCc2noc(-c3ccncc3)n2)C1. The van der Waals surface area contributed by atoms with Crippen LogP contribution < -0.4 is 0 Å². The second-order valence-electron chi connectivity index (χ2n) is 7.98. The van der Waals surface area contributed by atoms with Crippen molar-refractivity contribution < 1.29 is 9.32 Å². The number of carbonyl (C=O) groups is 1. The van der Waals surface area contributed by atoms with Gasteiger partial charge in [-0.2, -0.15) is 4.98 Å². The first-order valence-electron chi connectivity index (χ1n) is 10.8. The molecule has 3 aromatic rings. The third-order valence-electron chi connectivity index (χ3n) is 5.74. The van der Waals surface area contributed by atoms with Crippen LogP contribution >= 0.6 is 0 Å². The summed E-state index contributed by atoms with van der Waals surface area (Å²) in [6.07, 6.45) is 9.90. The van der Waals surface area contributed by atoms with Crippen LogP contribution in [-0.4, -0.2) is 39.0 Å². The molecule has 4 rings (SSSR count). The van der Waals surface area contributed by atoms with E-state index >= 15 is 0 Å². The molecule has 2 aromatic heterocycles. The number of piperidine rings is 1. The second-order valence-corrected chi connectivity index (χ2v) is 7.98. The van der Waals surface area contributed by atoms with Crippen molar-refractivity contribution in [2.45, 2.75) is 44.9 Å². The first kappa shape index (κ1) is 20.3. The van der Waals surface area contributed by atoms with E-state index in [1.54, 1.807) is 12.4 Å². The van der Waals surface area contributed by atoms with Crippen LogP contribution in [0.4, 0.5) is 0 Å². The molecule has 0 radical (unpaired) electrons. The van der Waals surface area contributed by atoms with Crippen molar-refractivity contribution in [1.29, 1.82) is 0 Å². The molecule has 0 spiro atoms. The van der Waals surface area contributed by atoms with Gasteiger partial charge in [0.2, 0.25) is 5.91 Å². The van der Waals surface area contributed by atoms with Crippen molar-refractivity contribution in [2.24, 2.45) is 5.92 Å². The Morgan fingerprint density at radius 1 is 1.10 bits per heavy atom. The highest BCUT2D eigenvalue weighted by atomic mass is 16.5. The number of pyridine rings is 1. The summed E-state index contributed by atoms with van der Waals surface area (Å²) in [5, 5.41) is 4.11. The number of hydrogen-bond donors (Lipinski definition) is 0. The Morgan fingerprint density at radius 3 is 2.77 bits per heavy atom. The Balaban J connectivity index is 1.22. The number of nitrogens with zero attached hydrogens (tertiary/aromatic N) is 4. The van der Waals surface area contributed by atoms with Crippen LogP contribution in [0.2, 0.25) is 0 Å². The molecule has 1 atom stereocenters. The number of likely N-dealkylation sites (tertiary alicyclic amines) is 1. The molecule has 0 aliphatic carbocycles. The molecule has 0 saturated carbocycles. The Morgan fingerprint density at radius 2 is 1.93 bits per heavy atom. The van der Waals surface area contributed by atoms with Gasteiger partial charge in [0.25, 0.3) is 5.89 Å². The molecule has 0 bridgehead atoms. The van der Waals surface area contributed by atoms with E-state index in [-0.39, 0.29) is 5.91 Å². The summed E-state index contributed by atoms with van der Waals surface area (Å²) in [5.74, 6) is 2.05. The fraction of sp³-hybridized carbons (Fsp3) is 0.417. The first-order chi connectivity index (χ1) is 14.8. The van der Waals surface area contributed by atoms with E-state index in [1.165, 1.54) is 5.56 Å². The van der Waals surface area contributed by atoms with E-state index in [9.17, 15) is 4.79 Å². The zero-order valence-corrected chi connectivity index (χ0v) is 17.2. The summed E-state index contributed by atoms with van der Waals surface area (Å²) in [4.78, 5) is 23.2. The van der Waals surface area contributed by atoms with Crippen molar-refractivity contribution in [3.63, 3.8) is 0 Å². The van der Waals surface area contributed by atoms with Crippen molar-refractivity contribution >= 4 is 5.91 Å². The molecular weight excluding hydrogens is 376 g/mol. The lowest BCUT2D eigenvalue weighted by molar-refractivity contribution is -0.133. The molecule has 6 heteroatoms. The van der Waals surface area contributed by atoms with Gasteiger partial charge in [-0.05, 0) is 55.7 Å². The topological polar surface area (TPSA) is 72.1 Å². The molecule has 156 valence electrons. The highest BCUT2D eigenvalue weighted by Crippen LogP contribution is 2.23. The van der Waals surface area contributed by atoms with Crippen molar-refractivity contribution in [2.75, 3.05) is 13.1 Å². The normalized spacial score (nSPS) is 16.5. The lowest BCUT2D eigenvalue weighted by Crippen LogP contribution is -2.40. The lowest BCUT2D eigenvalue weighted by atomic mass is 9.93. The van der Waals surface area contributed by atoms with Gasteiger partial charge in [0.1, 0.15) is 0 Å². The first-order valence-corrected chi connectivity index (χ1v) is 10.8. The average Bonchev–Trinajstić information content (AvgIpc) is 3.28. The van der Waals surface area contributed by atoms with E-state index in [4.69, 9.17) is 4.52 Å². The lowest BCUT2D eigenvalue weighted by Gasteiger charge is -2.32. The van der Waals surface area contributed by atoms with Crippen LogP contribution in [0.15, 0.2) is 59.4 Å². The molecule has 1 aliphatic heterocycles. The smallest absolute Gasteiger partial charge is 0.258 e. The quantitative estimate of drug-likeness (QED) is 0.559. The summed E-state index contributed by atoms with van der Waals surface area (Å²) < 4.78 is 5.38.